The number of Topliss-reactive ketones (excluding diaryl/α,β-unsaturated/α-hetero) is 1. The zero-order valence-electron chi connectivity index (χ0n) is 9.30. The lowest BCUT2D eigenvalue weighted by atomic mass is 9.84. The Kier molecular flexibility index (Phi) is 5.16. The highest BCUT2D eigenvalue weighted by Gasteiger charge is 2.22. The minimum Gasteiger partial charge on any atom is -0.327 e. The van der Waals surface area contributed by atoms with Crippen LogP contribution in [0, 0.1) is 5.92 Å². The Labute approximate surface area is 87.2 Å². The van der Waals surface area contributed by atoms with Gasteiger partial charge in [-0.15, -0.1) is 0 Å². The molecule has 2 N–H and O–H groups in total. The lowest BCUT2D eigenvalue weighted by Crippen LogP contribution is -2.28. The van der Waals surface area contributed by atoms with Gasteiger partial charge in [0.25, 0.3) is 0 Å². The Morgan fingerprint density at radius 3 is 2.57 bits per heavy atom. The molecule has 0 saturated heterocycles. The minimum absolute atomic E-state index is 0.106. The molecule has 0 aromatic heterocycles. The topological polar surface area (TPSA) is 43.1 Å². The summed E-state index contributed by atoms with van der Waals surface area (Å²) in [7, 11) is 0. The van der Waals surface area contributed by atoms with Gasteiger partial charge in [0.15, 0.2) is 0 Å². The van der Waals surface area contributed by atoms with Crippen LogP contribution in [0.3, 0.4) is 0 Å². The third kappa shape index (κ3) is 3.79. The molecular weight excluding hydrogens is 174 g/mol. The van der Waals surface area contributed by atoms with E-state index in [1.54, 1.807) is 0 Å². The van der Waals surface area contributed by atoms with Crippen LogP contribution in [-0.4, -0.2) is 11.8 Å². The molecule has 0 heterocycles. The average Bonchev–Trinajstić information content (AvgIpc) is 2.19. The predicted molar refractivity (Wildman–Crippen MR) is 59.1 cm³/mol. The third-order valence-corrected chi connectivity index (χ3v) is 3.18. The van der Waals surface area contributed by atoms with Crippen molar-refractivity contribution in [2.24, 2.45) is 11.7 Å². The molecule has 0 aliphatic heterocycles. The molecule has 14 heavy (non-hydrogen) atoms. The van der Waals surface area contributed by atoms with Gasteiger partial charge in [-0.3, -0.25) is 4.79 Å². The molecule has 1 atom stereocenters. The molecule has 0 aromatic carbocycles. The van der Waals surface area contributed by atoms with Crippen LogP contribution in [0.2, 0.25) is 0 Å². The summed E-state index contributed by atoms with van der Waals surface area (Å²) in [4.78, 5) is 11.8. The first-order valence-electron chi connectivity index (χ1n) is 6.02. The molecule has 0 amide bonds. The average molecular weight is 197 g/mol. The summed E-state index contributed by atoms with van der Waals surface area (Å²) in [5.74, 6) is 0.761. The first-order valence-corrected chi connectivity index (χ1v) is 6.02. The second-order valence-electron chi connectivity index (χ2n) is 4.55. The van der Waals surface area contributed by atoms with Gasteiger partial charge in [0.2, 0.25) is 0 Å². The van der Waals surface area contributed by atoms with E-state index in [2.05, 4.69) is 6.92 Å². The van der Waals surface area contributed by atoms with Crippen LogP contribution in [0.5, 0.6) is 0 Å². The molecule has 1 saturated carbocycles. The normalized spacial score (nSPS) is 20.7. The van der Waals surface area contributed by atoms with Crippen molar-refractivity contribution in [1.82, 2.24) is 0 Å². The van der Waals surface area contributed by atoms with Crippen LogP contribution in [0.4, 0.5) is 0 Å². The quantitative estimate of drug-likeness (QED) is 0.736. The first-order chi connectivity index (χ1) is 6.74. The van der Waals surface area contributed by atoms with Crippen LogP contribution >= 0.6 is 0 Å². The highest BCUT2D eigenvalue weighted by atomic mass is 16.1. The maximum Gasteiger partial charge on any atom is 0.137 e. The van der Waals surface area contributed by atoms with Gasteiger partial charge in [-0.25, -0.2) is 0 Å². The van der Waals surface area contributed by atoms with E-state index in [1.807, 2.05) is 0 Å². The van der Waals surface area contributed by atoms with E-state index in [0.29, 0.717) is 18.1 Å². The summed E-state index contributed by atoms with van der Waals surface area (Å²) in [5, 5.41) is 0. The van der Waals surface area contributed by atoms with Crippen molar-refractivity contribution in [2.45, 2.75) is 64.3 Å². The number of carbonyl (C=O) groups is 1. The molecule has 2 nitrogen and oxygen atoms in total. The van der Waals surface area contributed by atoms with Crippen LogP contribution in [0.15, 0.2) is 0 Å². The van der Waals surface area contributed by atoms with Crippen LogP contribution in [-0.2, 0) is 4.79 Å². The standard InChI is InChI=1S/C12H23NO/c1-2-6-11(13)9-12(14)10-7-4-3-5-8-10/h10-11H,2-9,13H2,1H3. The summed E-state index contributed by atoms with van der Waals surface area (Å²) in [6.45, 7) is 2.12. The molecule has 1 rings (SSSR count). The van der Waals surface area contributed by atoms with Crippen molar-refractivity contribution in [1.29, 1.82) is 0 Å². The summed E-state index contributed by atoms with van der Waals surface area (Å²) in [6, 6.07) is 0.106. The molecule has 0 bridgehead atoms. The number of rotatable bonds is 5. The smallest absolute Gasteiger partial charge is 0.137 e. The van der Waals surface area contributed by atoms with Crippen molar-refractivity contribution in [3.05, 3.63) is 0 Å². The van der Waals surface area contributed by atoms with Crippen LogP contribution in [0.25, 0.3) is 0 Å². The molecule has 0 spiro atoms. The molecule has 1 aliphatic rings. The molecule has 82 valence electrons. The first kappa shape index (κ1) is 11.7. The monoisotopic (exact) mass is 197 g/mol. The van der Waals surface area contributed by atoms with Gasteiger partial charge in [-0.05, 0) is 19.3 Å². The third-order valence-electron chi connectivity index (χ3n) is 3.18. The number of hydrogen-bond donors (Lipinski definition) is 1. The Balaban J connectivity index is 2.25. The van der Waals surface area contributed by atoms with E-state index in [0.717, 1.165) is 25.7 Å². The highest BCUT2D eigenvalue weighted by molar-refractivity contribution is 5.81. The maximum atomic E-state index is 11.8. The lowest BCUT2D eigenvalue weighted by molar-refractivity contribution is -0.124. The van der Waals surface area contributed by atoms with E-state index in [4.69, 9.17) is 5.73 Å². The van der Waals surface area contributed by atoms with Crippen LogP contribution in [0.1, 0.15) is 58.3 Å². The van der Waals surface area contributed by atoms with E-state index in [1.165, 1.54) is 19.3 Å². The predicted octanol–water partition coefficient (Wildman–Crippen LogP) is 2.65. The fraction of sp³-hybridized carbons (Fsp3) is 0.917. The fourth-order valence-electron chi connectivity index (χ4n) is 2.32. The Morgan fingerprint density at radius 1 is 1.36 bits per heavy atom. The van der Waals surface area contributed by atoms with Crippen molar-refractivity contribution >= 4 is 5.78 Å². The maximum absolute atomic E-state index is 11.8. The van der Waals surface area contributed by atoms with Gasteiger partial charge in [0, 0.05) is 18.4 Å². The molecule has 0 aromatic rings. The minimum atomic E-state index is 0.106. The molecule has 2 heteroatoms. The molecule has 1 unspecified atom stereocenters. The zero-order valence-corrected chi connectivity index (χ0v) is 9.30. The van der Waals surface area contributed by atoms with E-state index < -0.39 is 0 Å². The number of hydrogen-bond acceptors (Lipinski definition) is 2. The van der Waals surface area contributed by atoms with Crippen molar-refractivity contribution in [3.63, 3.8) is 0 Å². The Hall–Kier alpha value is -0.370. The number of nitrogens with two attached hydrogens (primary N) is 1. The Bertz CT molecular complexity index is 173. The molecule has 1 aliphatic carbocycles. The highest BCUT2D eigenvalue weighted by Crippen LogP contribution is 2.25. The van der Waals surface area contributed by atoms with Crippen molar-refractivity contribution in [2.75, 3.05) is 0 Å². The van der Waals surface area contributed by atoms with Gasteiger partial charge in [-0.2, -0.15) is 0 Å². The van der Waals surface area contributed by atoms with Gasteiger partial charge in [-0.1, -0.05) is 32.6 Å². The summed E-state index contributed by atoms with van der Waals surface area (Å²) in [5.41, 5.74) is 5.87. The largest absolute Gasteiger partial charge is 0.327 e. The second kappa shape index (κ2) is 6.18. The van der Waals surface area contributed by atoms with Gasteiger partial charge >= 0.3 is 0 Å². The molecule has 1 fully saturated rings. The zero-order chi connectivity index (χ0) is 10.4. The summed E-state index contributed by atoms with van der Waals surface area (Å²) >= 11 is 0. The van der Waals surface area contributed by atoms with Gasteiger partial charge in [0.05, 0.1) is 0 Å². The lowest BCUT2D eigenvalue weighted by Gasteiger charge is -2.21. The van der Waals surface area contributed by atoms with Crippen molar-refractivity contribution < 1.29 is 4.79 Å². The van der Waals surface area contributed by atoms with Gasteiger partial charge in [0.1, 0.15) is 5.78 Å². The number of ketones is 1. The van der Waals surface area contributed by atoms with E-state index in [-0.39, 0.29) is 6.04 Å². The fourth-order valence-corrected chi connectivity index (χ4v) is 2.32. The molecule has 0 radical (unpaired) electrons. The number of carbonyl (C=O) groups excluding carboxylic acids is 1. The summed E-state index contributed by atoms with van der Waals surface area (Å²) < 4.78 is 0. The second-order valence-corrected chi connectivity index (χ2v) is 4.55. The van der Waals surface area contributed by atoms with Gasteiger partial charge < -0.3 is 5.73 Å². The molecular formula is C12H23NO. The Morgan fingerprint density at radius 2 is 2.00 bits per heavy atom. The van der Waals surface area contributed by atoms with E-state index >= 15 is 0 Å². The van der Waals surface area contributed by atoms with E-state index in [9.17, 15) is 4.79 Å². The van der Waals surface area contributed by atoms with Crippen molar-refractivity contribution in [3.8, 4) is 0 Å². The van der Waals surface area contributed by atoms with Crippen LogP contribution < -0.4 is 5.73 Å². The summed E-state index contributed by atoms with van der Waals surface area (Å²) in [6.07, 6.45) is 8.68. The SMILES string of the molecule is CCCC(N)CC(=O)C1CCCCC1.